The number of azo groups is 1. The van der Waals surface area contributed by atoms with E-state index < -0.39 is 4.92 Å². The number of ether oxygens (including phenoxy) is 1. The number of aromatic nitrogens is 1. The van der Waals surface area contributed by atoms with E-state index in [1.165, 1.54) is 12.1 Å². The van der Waals surface area contributed by atoms with Gasteiger partial charge in [0.25, 0.3) is 5.69 Å². The highest BCUT2D eigenvalue weighted by Crippen LogP contribution is 2.40. The molecule has 28 heavy (non-hydrogen) atoms. The number of fused-ring (bicyclic) bond motifs is 1. The molecule has 0 spiro atoms. The van der Waals surface area contributed by atoms with Gasteiger partial charge in [-0.3, -0.25) is 19.6 Å². The fourth-order valence-corrected chi connectivity index (χ4v) is 3.04. The SMILES string of the molecule is C=CCNC(=S)N=Nc1c(O)n(CN2CCCOC2)c2ccc([N+](=O)[O-])cc12. The molecule has 1 saturated heterocycles. The molecule has 1 aromatic heterocycles. The van der Waals surface area contributed by atoms with Crippen LogP contribution in [-0.4, -0.2) is 51.0 Å². The van der Waals surface area contributed by atoms with Crippen LogP contribution in [0.3, 0.4) is 0 Å². The van der Waals surface area contributed by atoms with Gasteiger partial charge in [-0.05, 0) is 24.7 Å². The molecule has 11 heteroatoms. The van der Waals surface area contributed by atoms with E-state index in [1.54, 1.807) is 16.7 Å². The minimum atomic E-state index is -0.497. The Hall–Kier alpha value is -2.89. The standard InChI is InChI=1S/C17H20N6O4S/c1-2-6-18-17(28)20-19-15-13-9-12(23(25)26)4-5-14(13)22(16(15)24)10-21-7-3-8-27-11-21/h2,4-5,9,24H,1,3,6-8,10-11H2,(H,18,28). The van der Waals surface area contributed by atoms with Crippen molar-refractivity contribution in [2.24, 2.45) is 10.2 Å². The van der Waals surface area contributed by atoms with Gasteiger partial charge in [0.1, 0.15) is 6.73 Å². The summed E-state index contributed by atoms with van der Waals surface area (Å²) < 4.78 is 7.07. The van der Waals surface area contributed by atoms with E-state index in [2.05, 4.69) is 22.1 Å². The zero-order valence-corrected chi connectivity index (χ0v) is 15.9. The van der Waals surface area contributed by atoms with E-state index in [0.29, 0.717) is 37.5 Å². The second-order valence-corrected chi connectivity index (χ2v) is 6.55. The molecule has 0 amide bonds. The maximum absolute atomic E-state index is 11.2. The highest BCUT2D eigenvalue weighted by Gasteiger charge is 2.22. The number of nitrogens with zero attached hydrogens (tertiary/aromatic N) is 5. The maximum atomic E-state index is 11.2. The first-order valence-electron chi connectivity index (χ1n) is 8.61. The quantitative estimate of drug-likeness (QED) is 0.250. The highest BCUT2D eigenvalue weighted by atomic mass is 32.1. The van der Waals surface area contributed by atoms with Gasteiger partial charge in [-0.25, -0.2) is 0 Å². The predicted molar refractivity (Wildman–Crippen MR) is 108 cm³/mol. The summed E-state index contributed by atoms with van der Waals surface area (Å²) in [5, 5.41) is 33.2. The molecule has 1 aliphatic heterocycles. The molecule has 1 fully saturated rings. The summed E-state index contributed by atoms with van der Waals surface area (Å²) in [6, 6.07) is 4.35. The third-order valence-electron chi connectivity index (χ3n) is 4.22. The van der Waals surface area contributed by atoms with Gasteiger partial charge in [0.15, 0.2) is 5.69 Å². The minimum absolute atomic E-state index is 0.102. The van der Waals surface area contributed by atoms with Crippen LogP contribution >= 0.6 is 12.2 Å². The van der Waals surface area contributed by atoms with E-state index in [0.717, 1.165) is 13.0 Å². The zero-order valence-electron chi connectivity index (χ0n) is 15.1. The third-order valence-corrected chi connectivity index (χ3v) is 4.45. The van der Waals surface area contributed by atoms with Crippen LogP contribution in [0, 0.1) is 10.1 Å². The molecule has 3 rings (SSSR count). The van der Waals surface area contributed by atoms with Crippen molar-refractivity contribution in [2.45, 2.75) is 13.1 Å². The van der Waals surface area contributed by atoms with Gasteiger partial charge >= 0.3 is 0 Å². The number of rotatable bonds is 6. The maximum Gasteiger partial charge on any atom is 0.270 e. The van der Waals surface area contributed by atoms with Crippen molar-refractivity contribution in [3.05, 3.63) is 41.0 Å². The van der Waals surface area contributed by atoms with Gasteiger partial charge in [-0.15, -0.1) is 16.8 Å². The zero-order chi connectivity index (χ0) is 20.1. The summed E-state index contributed by atoms with van der Waals surface area (Å²) in [7, 11) is 0. The lowest BCUT2D eigenvalue weighted by Crippen LogP contribution is -2.34. The topological polar surface area (TPSA) is 118 Å². The molecular weight excluding hydrogens is 384 g/mol. The van der Waals surface area contributed by atoms with Gasteiger partial charge in [-0.1, -0.05) is 6.08 Å². The summed E-state index contributed by atoms with van der Waals surface area (Å²) in [5.74, 6) is -0.142. The van der Waals surface area contributed by atoms with Crippen molar-refractivity contribution in [1.29, 1.82) is 0 Å². The molecule has 2 heterocycles. The van der Waals surface area contributed by atoms with Crippen LogP contribution in [0.1, 0.15) is 6.42 Å². The second-order valence-electron chi connectivity index (χ2n) is 6.16. The number of nitro benzene ring substituents is 1. The van der Waals surface area contributed by atoms with Crippen LogP contribution in [0.4, 0.5) is 11.4 Å². The molecule has 1 aromatic carbocycles. The lowest BCUT2D eigenvalue weighted by molar-refractivity contribution is -0.384. The van der Waals surface area contributed by atoms with E-state index in [-0.39, 0.29) is 22.4 Å². The average molecular weight is 404 g/mol. The molecule has 0 aliphatic carbocycles. The Morgan fingerprint density at radius 2 is 2.36 bits per heavy atom. The molecule has 0 bridgehead atoms. The van der Waals surface area contributed by atoms with Gasteiger partial charge in [-0.2, -0.15) is 0 Å². The third kappa shape index (κ3) is 4.32. The number of benzene rings is 1. The van der Waals surface area contributed by atoms with Crippen molar-refractivity contribution < 1.29 is 14.8 Å². The number of aromatic hydroxyl groups is 1. The van der Waals surface area contributed by atoms with Crippen molar-refractivity contribution in [3.63, 3.8) is 0 Å². The molecule has 0 atom stereocenters. The monoisotopic (exact) mass is 404 g/mol. The Labute approximate surface area is 166 Å². The molecule has 1 aliphatic rings. The van der Waals surface area contributed by atoms with Crippen molar-refractivity contribution in [3.8, 4) is 5.88 Å². The second kappa shape index (κ2) is 8.87. The normalized spacial score (nSPS) is 15.1. The number of hydrogen-bond acceptors (Lipinski definition) is 7. The average Bonchev–Trinajstić information content (AvgIpc) is 2.96. The van der Waals surface area contributed by atoms with E-state index in [9.17, 15) is 15.2 Å². The first kappa shape index (κ1) is 19.9. The van der Waals surface area contributed by atoms with Gasteiger partial charge in [0.2, 0.25) is 11.0 Å². The Morgan fingerprint density at radius 3 is 3.04 bits per heavy atom. The molecule has 0 saturated carbocycles. The van der Waals surface area contributed by atoms with Crippen LogP contribution in [0.5, 0.6) is 5.88 Å². The molecule has 148 valence electrons. The number of hydrogen-bond donors (Lipinski definition) is 2. The summed E-state index contributed by atoms with van der Waals surface area (Å²) in [4.78, 5) is 12.7. The Bertz CT molecular complexity index is 935. The Kier molecular flexibility index (Phi) is 6.29. The molecule has 0 radical (unpaired) electrons. The van der Waals surface area contributed by atoms with Gasteiger partial charge in [0.05, 0.1) is 17.1 Å². The number of nitrogens with one attached hydrogen (secondary N) is 1. The fourth-order valence-electron chi connectivity index (χ4n) is 2.92. The van der Waals surface area contributed by atoms with Gasteiger partial charge < -0.3 is 15.2 Å². The minimum Gasteiger partial charge on any atom is -0.493 e. The first-order chi connectivity index (χ1) is 13.5. The van der Waals surface area contributed by atoms with Crippen LogP contribution in [0.25, 0.3) is 10.9 Å². The summed E-state index contributed by atoms with van der Waals surface area (Å²) in [6.45, 7) is 6.32. The van der Waals surface area contributed by atoms with Crippen molar-refractivity contribution in [1.82, 2.24) is 14.8 Å². The molecule has 0 unspecified atom stereocenters. The molecule has 2 N–H and O–H groups in total. The number of non-ortho nitro benzene ring substituents is 1. The van der Waals surface area contributed by atoms with Gasteiger partial charge in [0, 0.05) is 37.2 Å². The smallest absolute Gasteiger partial charge is 0.270 e. The van der Waals surface area contributed by atoms with Crippen molar-refractivity contribution in [2.75, 3.05) is 26.4 Å². The summed E-state index contributed by atoms with van der Waals surface area (Å²) in [5.41, 5.74) is 0.627. The fraction of sp³-hybridized carbons (Fsp3) is 0.353. The Balaban J connectivity index is 2.01. The molecule has 10 nitrogen and oxygen atoms in total. The van der Waals surface area contributed by atoms with E-state index >= 15 is 0 Å². The molecular formula is C17H20N6O4S. The lowest BCUT2D eigenvalue weighted by Gasteiger charge is -2.27. The largest absolute Gasteiger partial charge is 0.493 e. The van der Waals surface area contributed by atoms with Crippen molar-refractivity contribution >= 4 is 39.6 Å². The Morgan fingerprint density at radius 1 is 1.54 bits per heavy atom. The van der Waals surface area contributed by atoms with Crippen LogP contribution in [0.2, 0.25) is 0 Å². The predicted octanol–water partition coefficient (Wildman–Crippen LogP) is 3.04. The number of nitro groups is 1. The van der Waals surface area contributed by atoms with Crippen LogP contribution in [0.15, 0.2) is 41.1 Å². The van der Waals surface area contributed by atoms with Crippen LogP contribution in [-0.2, 0) is 11.4 Å². The number of thiocarbonyl (C=S) groups is 1. The molecule has 2 aromatic rings. The van der Waals surface area contributed by atoms with Crippen LogP contribution < -0.4 is 5.32 Å². The summed E-state index contributed by atoms with van der Waals surface area (Å²) in [6.07, 6.45) is 2.51. The van der Waals surface area contributed by atoms with E-state index in [1.807, 2.05) is 4.90 Å². The highest BCUT2D eigenvalue weighted by molar-refractivity contribution is 7.80. The first-order valence-corrected chi connectivity index (χ1v) is 9.02. The summed E-state index contributed by atoms with van der Waals surface area (Å²) >= 11 is 5.05. The van der Waals surface area contributed by atoms with E-state index in [4.69, 9.17) is 17.0 Å². The lowest BCUT2D eigenvalue weighted by atomic mass is 10.2.